The van der Waals surface area contributed by atoms with Crippen molar-refractivity contribution in [1.82, 2.24) is 0 Å². The van der Waals surface area contributed by atoms with Crippen molar-refractivity contribution >= 4 is 58.3 Å². The molecule has 0 rings (SSSR count). The average molecular weight is 277 g/mol. The fraction of sp³-hybridized carbons (Fsp3) is 0. The van der Waals surface area contributed by atoms with Gasteiger partial charge in [0.15, 0.2) is 0 Å². The Morgan fingerprint density at radius 1 is 1.23 bits per heavy atom. The predicted molar refractivity (Wildman–Crippen MR) is 43.3 cm³/mol. The van der Waals surface area contributed by atoms with Crippen LogP contribution in [0.25, 0.3) is 0 Å². The molecule has 0 atom stereocenters. The Kier molecular flexibility index (Phi) is 6.53. The monoisotopic (exact) mass is 276 g/mol. The van der Waals surface area contributed by atoms with Crippen LogP contribution >= 0.6 is 39.5 Å². The van der Waals surface area contributed by atoms with Gasteiger partial charge in [-0.15, -0.1) is 0 Å². The Morgan fingerprint density at radius 3 is 1.62 bits per heavy atom. The maximum absolute atomic E-state index is 11.8. The molecular formula is H3Cl2F2LiO6P2. The molecule has 0 amide bonds. The van der Waals surface area contributed by atoms with Gasteiger partial charge in [0.1, 0.15) is 0 Å². The number of hydrogen-bond acceptors (Lipinski definition) is 6. The van der Waals surface area contributed by atoms with E-state index in [1.54, 1.807) is 0 Å². The zero-order valence-corrected chi connectivity index (χ0v) is 8.23. The van der Waals surface area contributed by atoms with Gasteiger partial charge in [0.05, 0.1) is 0 Å². The summed E-state index contributed by atoms with van der Waals surface area (Å²) in [6.07, 6.45) is 0. The van der Waals surface area contributed by atoms with Crippen molar-refractivity contribution in [2.45, 2.75) is 0 Å². The summed E-state index contributed by atoms with van der Waals surface area (Å²) in [5.41, 5.74) is 0. The summed E-state index contributed by atoms with van der Waals surface area (Å²) in [5.74, 6) is 0. The number of halogens is 4. The zero-order chi connectivity index (χ0) is 10.1. The summed E-state index contributed by atoms with van der Waals surface area (Å²) in [7, 11) is -12.5. The Balaban J connectivity index is 0. The van der Waals surface area contributed by atoms with Crippen LogP contribution in [0.1, 0.15) is 0 Å². The molecule has 0 aliphatic carbocycles. The van der Waals surface area contributed by atoms with E-state index in [9.17, 15) is 13.0 Å². The molecular weight excluding hydrogens is 274 g/mol. The van der Waals surface area contributed by atoms with Crippen LogP contribution in [0.15, 0.2) is 0 Å². The first-order valence-corrected chi connectivity index (χ1v) is 5.88. The van der Waals surface area contributed by atoms with Gasteiger partial charge >= 0.3 is 93.5 Å². The minimum atomic E-state index is -7.47. The molecule has 0 spiro atoms. The summed E-state index contributed by atoms with van der Waals surface area (Å²) < 4.78 is 43.5. The summed E-state index contributed by atoms with van der Waals surface area (Å²) in [5, 5.41) is 0. The van der Waals surface area contributed by atoms with Gasteiger partial charge in [0, 0.05) is 0 Å². The molecule has 0 aliphatic heterocycles. The molecule has 0 aromatic heterocycles. The van der Waals surface area contributed by atoms with Crippen molar-refractivity contribution in [2.75, 3.05) is 0 Å². The third kappa shape index (κ3) is 8.49. The second kappa shape index (κ2) is 5.02. The van der Waals surface area contributed by atoms with Crippen molar-refractivity contribution in [1.29, 1.82) is 0 Å². The van der Waals surface area contributed by atoms with Gasteiger partial charge in [0.2, 0.25) is 0 Å². The van der Waals surface area contributed by atoms with Crippen molar-refractivity contribution < 1.29 is 35.2 Å². The van der Waals surface area contributed by atoms with E-state index >= 15 is 0 Å². The molecule has 13 heavy (non-hydrogen) atoms. The first kappa shape index (κ1) is 16.9. The summed E-state index contributed by atoms with van der Waals surface area (Å²) in [4.78, 5) is 15.5. The SMILES string of the molecule is O=P(OCl)(OCl)OP(O)(O)(F)F.[LiH]. The van der Waals surface area contributed by atoms with Gasteiger partial charge < -0.3 is 0 Å². The van der Waals surface area contributed by atoms with E-state index < -0.39 is 15.7 Å². The first-order chi connectivity index (χ1) is 5.08. The number of rotatable bonds is 4. The van der Waals surface area contributed by atoms with Crippen LogP contribution in [0.3, 0.4) is 0 Å². The van der Waals surface area contributed by atoms with Crippen molar-refractivity contribution in [3.05, 3.63) is 0 Å². The van der Waals surface area contributed by atoms with Gasteiger partial charge in [-0.2, -0.15) is 0 Å². The van der Waals surface area contributed by atoms with Crippen LogP contribution < -0.4 is 0 Å². The van der Waals surface area contributed by atoms with E-state index in [4.69, 9.17) is 9.79 Å². The van der Waals surface area contributed by atoms with Gasteiger partial charge in [0.25, 0.3) is 0 Å². The van der Waals surface area contributed by atoms with Crippen molar-refractivity contribution in [3.63, 3.8) is 0 Å². The van der Waals surface area contributed by atoms with E-state index in [1.807, 2.05) is 0 Å². The Bertz CT molecular complexity index is 197. The minimum absolute atomic E-state index is 0. The number of phosphoric acid groups is 1. The standard InChI is InChI=1S/Cl2F2H2O6P2.Li.H/c1-8-11(5,9-2)10-12(3,4,6)7;;/h6-7H;;. The van der Waals surface area contributed by atoms with Gasteiger partial charge in [-0.05, 0) is 0 Å². The molecule has 0 saturated heterocycles. The molecule has 78 valence electrons. The normalized spacial score (nSPS) is 15.7. The van der Waals surface area contributed by atoms with Gasteiger partial charge in [-0.1, -0.05) is 0 Å². The average Bonchev–Trinajstić information content (AvgIpc) is 1.83. The first-order valence-electron chi connectivity index (χ1n) is 1.96. The molecule has 13 heteroatoms. The molecule has 2 N–H and O–H groups in total. The van der Waals surface area contributed by atoms with E-state index in [-0.39, 0.29) is 18.9 Å². The van der Waals surface area contributed by atoms with Gasteiger partial charge in [-0.25, -0.2) is 0 Å². The molecule has 0 aromatic carbocycles. The second-order valence-electron chi connectivity index (χ2n) is 1.42. The van der Waals surface area contributed by atoms with E-state index in [0.717, 1.165) is 0 Å². The van der Waals surface area contributed by atoms with Crippen LogP contribution in [0, 0.1) is 0 Å². The van der Waals surface area contributed by atoms with Crippen LogP contribution in [-0.4, -0.2) is 28.6 Å². The molecule has 0 heterocycles. The van der Waals surface area contributed by atoms with Crippen molar-refractivity contribution in [3.8, 4) is 0 Å². The molecule has 0 fully saturated rings. The fourth-order valence-electron chi connectivity index (χ4n) is 0.201. The molecule has 6 nitrogen and oxygen atoms in total. The maximum atomic E-state index is 11.8. The van der Waals surface area contributed by atoms with Crippen LogP contribution in [0.4, 0.5) is 8.39 Å². The quantitative estimate of drug-likeness (QED) is 0.602. The summed E-state index contributed by atoms with van der Waals surface area (Å²) in [6.45, 7) is 0. The number of hydrogen-bond donors (Lipinski definition) is 2. The topological polar surface area (TPSA) is 85.2 Å². The molecule has 0 unspecified atom stereocenters. The molecule has 0 saturated carbocycles. The second-order valence-corrected chi connectivity index (χ2v) is 5.59. The van der Waals surface area contributed by atoms with Crippen LogP contribution in [0.2, 0.25) is 0 Å². The Labute approximate surface area is 93.6 Å². The van der Waals surface area contributed by atoms with E-state index in [1.165, 1.54) is 0 Å². The third-order valence-corrected chi connectivity index (χ3v) is 3.63. The van der Waals surface area contributed by atoms with Crippen LogP contribution in [-0.2, 0) is 17.0 Å². The fourth-order valence-corrected chi connectivity index (χ4v) is 2.45. The third-order valence-electron chi connectivity index (χ3n) is 0.404. The summed E-state index contributed by atoms with van der Waals surface area (Å²) in [6, 6.07) is 0. The molecule has 0 bridgehead atoms. The molecule has 0 radical (unpaired) electrons. The summed E-state index contributed by atoms with van der Waals surface area (Å²) >= 11 is 8.69. The molecule has 0 aromatic rings. The van der Waals surface area contributed by atoms with E-state index in [0.29, 0.717) is 0 Å². The van der Waals surface area contributed by atoms with E-state index in [2.05, 4.69) is 36.2 Å². The Hall–Kier alpha value is 1.50. The molecule has 0 aliphatic rings. The van der Waals surface area contributed by atoms with Gasteiger partial charge in [-0.3, -0.25) is 0 Å². The van der Waals surface area contributed by atoms with Crippen LogP contribution in [0.5, 0.6) is 0 Å². The predicted octanol–water partition coefficient (Wildman–Crippen LogP) is 1.86. The van der Waals surface area contributed by atoms with Crippen molar-refractivity contribution in [2.24, 2.45) is 0 Å². The zero-order valence-electron chi connectivity index (χ0n) is 4.93. The Morgan fingerprint density at radius 2 is 1.54 bits per heavy atom.